The van der Waals surface area contributed by atoms with Crippen LogP contribution in [0.1, 0.15) is 28.3 Å². The lowest BCUT2D eigenvalue weighted by atomic mass is 10.1. The number of hydrogen-bond acceptors (Lipinski definition) is 4. The van der Waals surface area contributed by atoms with Crippen LogP contribution in [-0.4, -0.2) is 4.92 Å². The number of nitro benzene ring substituents is 1. The Labute approximate surface area is 135 Å². The van der Waals surface area contributed by atoms with E-state index in [1.54, 1.807) is 23.5 Å². The number of thiophene rings is 1. The van der Waals surface area contributed by atoms with Gasteiger partial charge < -0.3 is 5.32 Å². The molecule has 0 bridgehead atoms. The number of nitrogens with one attached hydrogen (secondary N) is 1. The fraction of sp³-hybridized carbons (Fsp3) is 0.286. The van der Waals surface area contributed by atoms with Crippen LogP contribution in [0.2, 0.25) is 0 Å². The SMILES string of the molecule is Cc1cc(C(C)Nc2ccc([N+](=O)[O-])c(I)c2)c(C)s1. The Morgan fingerprint density at radius 3 is 2.55 bits per heavy atom. The van der Waals surface area contributed by atoms with E-state index >= 15 is 0 Å². The van der Waals surface area contributed by atoms with Gasteiger partial charge in [-0.05, 0) is 67.1 Å². The van der Waals surface area contributed by atoms with E-state index in [2.05, 4.69) is 32.2 Å². The van der Waals surface area contributed by atoms with Crippen LogP contribution in [0.4, 0.5) is 11.4 Å². The molecule has 0 amide bonds. The minimum absolute atomic E-state index is 0.145. The Hall–Kier alpha value is -1.15. The van der Waals surface area contributed by atoms with Crippen LogP contribution < -0.4 is 5.32 Å². The van der Waals surface area contributed by atoms with Gasteiger partial charge in [-0.15, -0.1) is 11.3 Å². The number of nitrogens with zero attached hydrogens (tertiary/aromatic N) is 1. The van der Waals surface area contributed by atoms with E-state index in [9.17, 15) is 10.1 Å². The average molecular weight is 402 g/mol. The molecular weight excluding hydrogens is 387 g/mol. The molecule has 2 aromatic rings. The lowest BCUT2D eigenvalue weighted by molar-refractivity contribution is -0.385. The molecule has 20 heavy (non-hydrogen) atoms. The van der Waals surface area contributed by atoms with Gasteiger partial charge in [-0.25, -0.2) is 0 Å². The quantitative estimate of drug-likeness (QED) is 0.442. The van der Waals surface area contributed by atoms with Gasteiger partial charge in [-0.3, -0.25) is 10.1 Å². The fourth-order valence-electron chi connectivity index (χ4n) is 2.15. The van der Waals surface area contributed by atoms with E-state index in [4.69, 9.17) is 0 Å². The third-order valence-electron chi connectivity index (χ3n) is 3.07. The van der Waals surface area contributed by atoms with Crippen LogP contribution in [0, 0.1) is 27.5 Å². The highest BCUT2D eigenvalue weighted by Crippen LogP contribution is 2.30. The summed E-state index contributed by atoms with van der Waals surface area (Å²) in [5, 5.41) is 14.2. The first kappa shape index (κ1) is 15.2. The maximum absolute atomic E-state index is 10.8. The van der Waals surface area contributed by atoms with Crippen LogP contribution in [-0.2, 0) is 0 Å². The normalized spacial score (nSPS) is 12.2. The molecule has 1 aromatic heterocycles. The summed E-state index contributed by atoms with van der Waals surface area (Å²) in [5.41, 5.74) is 2.32. The third-order valence-corrected chi connectivity index (χ3v) is 4.92. The molecule has 1 aromatic carbocycles. The van der Waals surface area contributed by atoms with Crippen molar-refractivity contribution in [1.82, 2.24) is 0 Å². The average Bonchev–Trinajstić information content (AvgIpc) is 2.68. The van der Waals surface area contributed by atoms with Crippen molar-refractivity contribution in [2.24, 2.45) is 0 Å². The predicted octanol–water partition coefficient (Wildman–Crippen LogP) is 5.05. The molecule has 0 saturated carbocycles. The van der Waals surface area contributed by atoms with Crippen molar-refractivity contribution < 1.29 is 4.92 Å². The Morgan fingerprint density at radius 2 is 2.05 bits per heavy atom. The lowest BCUT2D eigenvalue weighted by Crippen LogP contribution is -2.07. The first-order valence-electron chi connectivity index (χ1n) is 6.16. The Kier molecular flexibility index (Phi) is 4.64. The monoisotopic (exact) mass is 402 g/mol. The summed E-state index contributed by atoms with van der Waals surface area (Å²) in [7, 11) is 0. The first-order chi connectivity index (χ1) is 9.38. The van der Waals surface area contributed by atoms with Crippen molar-refractivity contribution in [2.75, 3.05) is 5.32 Å². The van der Waals surface area contributed by atoms with Crippen molar-refractivity contribution in [3.05, 3.63) is 53.3 Å². The van der Waals surface area contributed by atoms with Crippen molar-refractivity contribution in [3.63, 3.8) is 0 Å². The highest BCUT2D eigenvalue weighted by Gasteiger charge is 2.14. The zero-order valence-corrected chi connectivity index (χ0v) is 14.4. The maximum Gasteiger partial charge on any atom is 0.282 e. The van der Waals surface area contributed by atoms with Gasteiger partial charge in [0, 0.05) is 27.5 Å². The third kappa shape index (κ3) is 3.29. The molecule has 6 heteroatoms. The molecule has 0 aliphatic heterocycles. The largest absolute Gasteiger partial charge is 0.378 e. The standard InChI is InChI=1S/C14H15IN2O2S/c1-8-6-12(10(3)20-8)9(2)16-11-4-5-14(17(18)19)13(15)7-11/h4-7,9,16H,1-3H3. The second kappa shape index (κ2) is 6.09. The zero-order chi connectivity index (χ0) is 14.9. The van der Waals surface area contributed by atoms with Crippen LogP contribution in [0.25, 0.3) is 0 Å². The number of rotatable bonds is 4. The number of aryl methyl sites for hydroxylation is 2. The van der Waals surface area contributed by atoms with Crippen molar-refractivity contribution in [2.45, 2.75) is 26.8 Å². The molecular formula is C14H15IN2O2S. The van der Waals surface area contributed by atoms with Gasteiger partial charge in [0.05, 0.1) is 8.49 Å². The van der Waals surface area contributed by atoms with E-state index in [1.807, 2.05) is 28.7 Å². The topological polar surface area (TPSA) is 55.2 Å². The van der Waals surface area contributed by atoms with Crippen molar-refractivity contribution in [3.8, 4) is 0 Å². The van der Waals surface area contributed by atoms with E-state index in [1.165, 1.54) is 15.3 Å². The lowest BCUT2D eigenvalue weighted by Gasteiger charge is -2.15. The number of hydrogen-bond donors (Lipinski definition) is 1. The maximum atomic E-state index is 10.8. The molecule has 0 radical (unpaired) electrons. The summed E-state index contributed by atoms with van der Waals surface area (Å²) >= 11 is 3.78. The molecule has 1 heterocycles. The summed E-state index contributed by atoms with van der Waals surface area (Å²) in [5.74, 6) is 0. The van der Waals surface area contributed by atoms with Crippen LogP contribution in [0.15, 0.2) is 24.3 Å². The second-order valence-corrected chi connectivity index (χ2v) is 7.28. The highest BCUT2D eigenvalue weighted by molar-refractivity contribution is 14.1. The number of benzene rings is 1. The first-order valence-corrected chi connectivity index (χ1v) is 8.05. The Morgan fingerprint density at radius 1 is 1.35 bits per heavy atom. The summed E-state index contributed by atoms with van der Waals surface area (Å²) in [6.07, 6.45) is 0. The number of nitro groups is 1. The van der Waals surface area contributed by atoms with E-state index in [0.29, 0.717) is 3.57 Å². The van der Waals surface area contributed by atoms with Gasteiger partial charge in [-0.1, -0.05) is 0 Å². The van der Waals surface area contributed by atoms with Crippen LogP contribution in [0.5, 0.6) is 0 Å². The van der Waals surface area contributed by atoms with Gasteiger partial charge in [0.1, 0.15) is 0 Å². The zero-order valence-electron chi connectivity index (χ0n) is 11.4. The van der Waals surface area contributed by atoms with E-state index < -0.39 is 0 Å². The predicted molar refractivity (Wildman–Crippen MR) is 91.6 cm³/mol. The fourth-order valence-corrected chi connectivity index (χ4v) is 3.89. The molecule has 0 spiro atoms. The molecule has 4 nitrogen and oxygen atoms in total. The summed E-state index contributed by atoms with van der Waals surface area (Å²) in [6, 6.07) is 7.48. The van der Waals surface area contributed by atoms with Gasteiger partial charge in [-0.2, -0.15) is 0 Å². The molecule has 0 saturated heterocycles. The van der Waals surface area contributed by atoms with Gasteiger partial charge in [0.15, 0.2) is 0 Å². The summed E-state index contributed by atoms with van der Waals surface area (Å²) < 4.78 is 0.642. The number of anilines is 1. The minimum Gasteiger partial charge on any atom is -0.378 e. The smallest absolute Gasteiger partial charge is 0.282 e. The Balaban J connectivity index is 2.20. The van der Waals surface area contributed by atoms with E-state index in [0.717, 1.165) is 5.69 Å². The molecule has 1 unspecified atom stereocenters. The molecule has 2 rings (SSSR count). The molecule has 1 atom stereocenters. The molecule has 0 aliphatic carbocycles. The van der Waals surface area contributed by atoms with Crippen LogP contribution in [0.3, 0.4) is 0 Å². The molecule has 0 aliphatic rings. The summed E-state index contributed by atoms with van der Waals surface area (Å²) in [4.78, 5) is 13.0. The van der Waals surface area contributed by atoms with Crippen molar-refractivity contribution >= 4 is 45.3 Å². The number of halogens is 1. The summed E-state index contributed by atoms with van der Waals surface area (Å²) in [6.45, 7) is 6.32. The minimum atomic E-state index is -0.360. The van der Waals surface area contributed by atoms with Gasteiger partial charge in [0.2, 0.25) is 0 Å². The second-order valence-electron chi connectivity index (χ2n) is 4.66. The Bertz CT molecular complexity index is 655. The molecule has 0 fully saturated rings. The molecule has 1 N–H and O–H groups in total. The van der Waals surface area contributed by atoms with Gasteiger partial charge in [0.25, 0.3) is 5.69 Å². The van der Waals surface area contributed by atoms with Crippen molar-refractivity contribution in [1.29, 1.82) is 0 Å². The van der Waals surface area contributed by atoms with Gasteiger partial charge >= 0.3 is 0 Å². The van der Waals surface area contributed by atoms with Crippen LogP contribution >= 0.6 is 33.9 Å². The van der Waals surface area contributed by atoms with E-state index in [-0.39, 0.29) is 16.7 Å². The molecule has 106 valence electrons. The highest BCUT2D eigenvalue weighted by atomic mass is 127.